The molecule has 4 rings (SSSR count). The molecule has 0 aliphatic heterocycles. The van der Waals surface area contributed by atoms with Crippen LogP contribution < -0.4 is 20.2 Å². The third-order valence-electron chi connectivity index (χ3n) is 5.90. The number of benzene rings is 3. The van der Waals surface area contributed by atoms with Crippen molar-refractivity contribution >= 4 is 66.5 Å². The van der Waals surface area contributed by atoms with Crippen LogP contribution >= 0.6 is 0 Å². The number of fused-ring (bicyclic) bond motifs is 1. The number of anilines is 2. The number of amides is 1. The van der Waals surface area contributed by atoms with Gasteiger partial charge in [-0.2, -0.15) is 27.1 Å². The van der Waals surface area contributed by atoms with Gasteiger partial charge in [0.1, 0.15) is 33.5 Å². The summed E-state index contributed by atoms with van der Waals surface area (Å²) in [6.07, 6.45) is 0.761. The van der Waals surface area contributed by atoms with Crippen molar-refractivity contribution in [3.63, 3.8) is 0 Å². The zero-order valence-corrected chi connectivity index (χ0v) is 24.6. The van der Waals surface area contributed by atoms with Gasteiger partial charge in [0.15, 0.2) is 5.71 Å². The highest BCUT2D eigenvalue weighted by molar-refractivity contribution is 7.91. The number of phenols is 1. The van der Waals surface area contributed by atoms with Crippen molar-refractivity contribution in [1.29, 1.82) is 0 Å². The third kappa shape index (κ3) is 6.89. The molecule has 0 fully saturated rings. The minimum absolute atomic E-state index is 0.0429. The van der Waals surface area contributed by atoms with E-state index in [2.05, 4.69) is 26.1 Å². The molecule has 230 valence electrons. The summed E-state index contributed by atoms with van der Waals surface area (Å²) in [5.74, 6) is -1.56. The highest BCUT2D eigenvalue weighted by Crippen LogP contribution is 2.39. The predicted molar refractivity (Wildman–Crippen MR) is 157 cm³/mol. The number of hydrazone groups is 1. The van der Waals surface area contributed by atoms with Crippen LogP contribution in [0.3, 0.4) is 0 Å². The molecule has 44 heavy (non-hydrogen) atoms. The summed E-state index contributed by atoms with van der Waals surface area (Å²) < 4.78 is 78.3. The molecule has 5 N–H and O–H groups in total. The Hall–Kier alpha value is -5.17. The van der Waals surface area contributed by atoms with Gasteiger partial charge in [-0.05, 0) is 48.0 Å². The Kier molecular flexibility index (Phi) is 8.81. The van der Waals surface area contributed by atoms with E-state index in [1.54, 1.807) is 0 Å². The molecule has 16 nitrogen and oxygen atoms in total. The molecular weight excluding hydrogens is 622 g/mol. The Morgan fingerprint density at radius 1 is 0.864 bits per heavy atom. The van der Waals surface area contributed by atoms with Crippen molar-refractivity contribution in [3.8, 4) is 17.2 Å². The number of Topliss-reactive ketones (excluding diaryl/α,β-unsaturated/α-hetero) is 1. The minimum Gasteiger partial charge on any atom is -0.508 e. The average molecular weight is 646 g/mol. The number of hydrogen-bond donors (Lipinski definition) is 5. The van der Waals surface area contributed by atoms with E-state index in [0.717, 1.165) is 25.1 Å². The van der Waals surface area contributed by atoms with Crippen LogP contribution in [0.1, 0.15) is 22.8 Å². The number of azo groups is 1. The Morgan fingerprint density at radius 3 is 2.09 bits per heavy atom. The molecule has 0 unspecified atom stereocenters. The Morgan fingerprint density at radius 2 is 1.52 bits per heavy atom. The largest absolute Gasteiger partial charge is 0.508 e. The molecule has 0 bridgehead atoms. The van der Waals surface area contributed by atoms with E-state index >= 15 is 0 Å². The molecule has 0 heterocycles. The van der Waals surface area contributed by atoms with E-state index in [1.807, 2.05) is 0 Å². The van der Waals surface area contributed by atoms with E-state index in [9.17, 15) is 40.6 Å². The summed E-state index contributed by atoms with van der Waals surface area (Å²) in [7, 11) is -7.36. The van der Waals surface area contributed by atoms with Gasteiger partial charge in [-0.15, -0.1) is 5.11 Å². The number of hydrogen-bond acceptors (Lipinski definition) is 13. The van der Waals surface area contributed by atoms with Crippen LogP contribution in [0.15, 0.2) is 73.7 Å². The standard InChI is InChI=1S/C26H23N5O11S2/c1-13(32)27-20-10-17(43(35,36)37)8-14-9-23(44(38,39)40)25(26(34)24(14)20)31-30-19-12-21(41-2)18(11-22(19)42-3)29-28-15-4-6-16(33)7-5-15/h4-12,30,33H,1-3H3,(H,27,32)(H,35,36,37)(H,38,39,40)/b29-28+,31-25-. The number of carbonyl (C=O) groups excluding carboxylic acids is 2. The fraction of sp³-hybridized carbons (Fsp3) is 0.115. The number of ketones is 1. The smallest absolute Gasteiger partial charge is 0.296 e. The lowest BCUT2D eigenvalue weighted by molar-refractivity contribution is -0.114. The Bertz CT molecular complexity index is 1990. The molecule has 3 aromatic carbocycles. The third-order valence-corrected chi connectivity index (χ3v) is 7.60. The quantitative estimate of drug-likeness (QED) is 0.126. The van der Waals surface area contributed by atoms with E-state index in [-0.39, 0.29) is 45.4 Å². The number of aromatic hydroxyl groups is 1. The summed E-state index contributed by atoms with van der Waals surface area (Å²) in [5.41, 5.74) is 1.26. The van der Waals surface area contributed by atoms with Gasteiger partial charge >= 0.3 is 0 Å². The molecule has 0 saturated heterocycles. The van der Waals surface area contributed by atoms with Crippen LogP contribution in [-0.4, -0.2) is 62.7 Å². The molecule has 1 aliphatic rings. The van der Waals surface area contributed by atoms with Gasteiger partial charge in [0.25, 0.3) is 20.2 Å². The predicted octanol–water partition coefficient (Wildman–Crippen LogP) is 3.92. The zero-order valence-electron chi connectivity index (χ0n) is 23.0. The average Bonchev–Trinajstić information content (AvgIpc) is 2.94. The van der Waals surface area contributed by atoms with Crippen LogP contribution in [0.2, 0.25) is 0 Å². The first kappa shape index (κ1) is 31.8. The number of nitrogens with zero attached hydrogens (tertiary/aromatic N) is 3. The van der Waals surface area contributed by atoms with Crippen LogP contribution in [0.5, 0.6) is 17.2 Å². The van der Waals surface area contributed by atoms with Crippen molar-refractivity contribution in [2.24, 2.45) is 15.3 Å². The summed E-state index contributed by atoms with van der Waals surface area (Å²) in [4.78, 5) is 23.6. The van der Waals surface area contributed by atoms with Gasteiger partial charge in [-0.3, -0.25) is 24.1 Å². The van der Waals surface area contributed by atoms with Gasteiger partial charge in [-0.1, -0.05) is 0 Å². The van der Waals surface area contributed by atoms with E-state index < -0.39 is 47.4 Å². The number of rotatable bonds is 9. The summed E-state index contributed by atoms with van der Waals surface area (Å²) in [5, 5.41) is 23.8. The van der Waals surface area contributed by atoms with Gasteiger partial charge < -0.3 is 19.9 Å². The number of nitrogens with one attached hydrogen (secondary N) is 2. The molecule has 18 heteroatoms. The Labute approximate surface area is 250 Å². The molecule has 0 radical (unpaired) electrons. The molecule has 0 saturated carbocycles. The summed E-state index contributed by atoms with van der Waals surface area (Å²) in [6.45, 7) is 1.07. The molecule has 0 spiro atoms. The number of carbonyl (C=O) groups is 2. The number of allylic oxidation sites excluding steroid dienone is 1. The van der Waals surface area contributed by atoms with Gasteiger partial charge in [0, 0.05) is 19.1 Å². The lowest BCUT2D eigenvalue weighted by Crippen LogP contribution is -2.28. The number of ether oxygens (including phenoxy) is 2. The second-order valence-corrected chi connectivity index (χ2v) is 11.7. The highest BCUT2D eigenvalue weighted by atomic mass is 32.2. The maximum absolute atomic E-state index is 13.6. The van der Waals surface area contributed by atoms with Crippen molar-refractivity contribution in [2.45, 2.75) is 11.8 Å². The van der Waals surface area contributed by atoms with Crippen LogP contribution in [0, 0.1) is 0 Å². The summed E-state index contributed by atoms with van der Waals surface area (Å²) in [6, 6.07) is 10.2. The first-order valence-electron chi connectivity index (χ1n) is 12.1. The van der Waals surface area contributed by atoms with Gasteiger partial charge in [0.05, 0.1) is 36.1 Å². The van der Waals surface area contributed by atoms with Crippen molar-refractivity contribution < 1.29 is 50.1 Å². The highest BCUT2D eigenvalue weighted by Gasteiger charge is 2.36. The van der Waals surface area contributed by atoms with E-state index in [4.69, 9.17) is 9.47 Å². The molecule has 3 aromatic rings. The van der Waals surface area contributed by atoms with Gasteiger partial charge in [0.2, 0.25) is 11.7 Å². The second kappa shape index (κ2) is 12.2. The first-order valence-corrected chi connectivity index (χ1v) is 15.0. The topological polar surface area (TPSA) is 243 Å². The van der Waals surface area contributed by atoms with Gasteiger partial charge in [-0.25, -0.2) is 0 Å². The lowest BCUT2D eigenvalue weighted by atomic mass is 9.93. The second-order valence-electron chi connectivity index (χ2n) is 8.92. The fourth-order valence-electron chi connectivity index (χ4n) is 3.98. The van der Waals surface area contributed by atoms with Crippen LogP contribution in [0.4, 0.5) is 22.7 Å². The fourth-order valence-corrected chi connectivity index (χ4v) is 5.18. The maximum atomic E-state index is 13.6. The Balaban J connectivity index is 1.81. The monoisotopic (exact) mass is 645 g/mol. The SMILES string of the molecule is COc1cc(N/N=C2\C(=O)c3c(cc(S(=O)(=O)O)cc3NC(C)=O)C=C2S(=O)(=O)O)c(OC)cc1/N=N/c1ccc(O)cc1. The normalized spacial score (nSPS) is 14.2. The number of phenolic OH excluding ortho intramolecular Hbond substituents is 1. The summed E-state index contributed by atoms with van der Waals surface area (Å²) >= 11 is 0. The van der Waals surface area contributed by atoms with Crippen molar-refractivity contribution in [2.75, 3.05) is 25.0 Å². The lowest BCUT2D eigenvalue weighted by Gasteiger charge is -2.20. The molecule has 1 aliphatic carbocycles. The molecular formula is C26H23N5O11S2. The van der Waals surface area contributed by atoms with Crippen LogP contribution in [0.25, 0.3) is 6.08 Å². The number of methoxy groups -OCH3 is 2. The molecule has 0 aromatic heterocycles. The first-order chi connectivity index (χ1) is 20.6. The van der Waals surface area contributed by atoms with Crippen molar-refractivity contribution in [3.05, 3.63) is 64.6 Å². The van der Waals surface area contributed by atoms with Crippen LogP contribution in [-0.2, 0) is 25.0 Å². The zero-order chi connectivity index (χ0) is 32.4. The minimum atomic E-state index is -5.14. The van der Waals surface area contributed by atoms with E-state index in [1.165, 1.54) is 50.6 Å². The maximum Gasteiger partial charge on any atom is 0.296 e. The van der Waals surface area contributed by atoms with Crippen molar-refractivity contribution in [1.82, 2.24) is 0 Å². The molecule has 1 amide bonds. The van der Waals surface area contributed by atoms with E-state index in [0.29, 0.717) is 5.69 Å². The molecule has 0 atom stereocenters.